The van der Waals surface area contributed by atoms with Crippen LogP contribution in [0, 0.1) is 6.92 Å². The van der Waals surface area contributed by atoms with Gasteiger partial charge in [0.25, 0.3) is 5.56 Å². The maximum Gasteiger partial charge on any atom is 0.336 e. The molecule has 0 fully saturated rings. The molecule has 3 rings (SSSR count). The van der Waals surface area contributed by atoms with Crippen LogP contribution in [0.4, 0.5) is 0 Å². The third-order valence-electron chi connectivity index (χ3n) is 4.25. The largest absolute Gasteiger partial charge is 0.336 e. The van der Waals surface area contributed by atoms with Crippen LogP contribution >= 0.6 is 11.8 Å². The summed E-state index contributed by atoms with van der Waals surface area (Å²) >= 11 is 1.61. The third-order valence-corrected chi connectivity index (χ3v) is 4.99. The molecular weight excluding hydrogens is 360 g/mol. The van der Waals surface area contributed by atoms with Gasteiger partial charge in [0.15, 0.2) is 0 Å². The average Bonchev–Trinajstić information content (AvgIpc) is 2.65. The molecule has 0 radical (unpaired) electrons. The molecule has 1 heterocycles. The summed E-state index contributed by atoms with van der Waals surface area (Å²) in [4.78, 5) is 38.2. The highest BCUT2D eigenvalue weighted by atomic mass is 32.2. The van der Waals surface area contributed by atoms with Gasteiger partial charge >= 0.3 is 5.69 Å². The maximum atomic E-state index is 13.1. The second kappa shape index (κ2) is 7.80. The molecule has 0 N–H and O–H groups in total. The van der Waals surface area contributed by atoms with Crippen LogP contribution in [0.25, 0.3) is 16.9 Å². The van der Waals surface area contributed by atoms with Gasteiger partial charge in [-0.2, -0.15) is 0 Å². The van der Waals surface area contributed by atoms with E-state index in [4.69, 9.17) is 0 Å². The second-order valence-corrected chi connectivity index (χ2v) is 7.22. The average molecular weight is 380 g/mol. The third kappa shape index (κ3) is 3.95. The standard InChI is InChI=1S/C21H20N2O3S/c1-14-4-6-16(7-5-14)19-12-20(25)22(13-15(2)24)21(26)23(19)17-8-10-18(27-3)11-9-17/h4-12H,13H2,1-3H3. The Morgan fingerprint density at radius 2 is 1.63 bits per heavy atom. The number of carbonyl (C=O) groups is 1. The lowest BCUT2D eigenvalue weighted by molar-refractivity contribution is -0.117. The lowest BCUT2D eigenvalue weighted by Crippen LogP contribution is -2.40. The maximum absolute atomic E-state index is 13.1. The fourth-order valence-corrected chi connectivity index (χ4v) is 3.27. The number of nitrogens with zero attached hydrogens (tertiary/aromatic N) is 2. The molecule has 0 aliphatic heterocycles. The van der Waals surface area contributed by atoms with Gasteiger partial charge in [-0.05, 0) is 49.9 Å². The SMILES string of the molecule is CSc1ccc(-n2c(-c3ccc(C)cc3)cc(=O)n(CC(C)=O)c2=O)cc1. The van der Waals surface area contributed by atoms with Crippen molar-refractivity contribution < 1.29 is 4.79 Å². The van der Waals surface area contributed by atoms with Crippen LogP contribution in [0.2, 0.25) is 0 Å². The van der Waals surface area contributed by atoms with E-state index in [0.29, 0.717) is 11.4 Å². The van der Waals surface area contributed by atoms with Crippen LogP contribution in [-0.2, 0) is 11.3 Å². The van der Waals surface area contributed by atoms with Crippen molar-refractivity contribution >= 4 is 17.5 Å². The topological polar surface area (TPSA) is 61.1 Å². The molecule has 1 aromatic heterocycles. The molecule has 0 spiro atoms. The van der Waals surface area contributed by atoms with Gasteiger partial charge in [-0.25, -0.2) is 4.79 Å². The van der Waals surface area contributed by atoms with E-state index in [-0.39, 0.29) is 12.3 Å². The Morgan fingerprint density at radius 3 is 2.19 bits per heavy atom. The molecule has 0 atom stereocenters. The van der Waals surface area contributed by atoms with E-state index in [1.165, 1.54) is 17.6 Å². The zero-order valence-electron chi connectivity index (χ0n) is 15.4. The molecule has 0 saturated heterocycles. The van der Waals surface area contributed by atoms with Crippen molar-refractivity contribution in [2.24, 2.45) is 0 Å². The van der Waals surface area contributed by atoms with Gasteiger partial charge in [0.1, 0.15) is 5.78 Å². The molecule has 3 aromatic rings. The minimum Gasteiger partial charge on any atom is -0.298 e. The first-order chi connectivity index (χ1) is 12.9. The first-order valence-electron chi connectivity index (χ1n) is 8.48. The normalized spacial score (nSPS) is 10.8. The number of hydrogen-bond donors (Lipinski definition) is 0. The van der Waals surface area contributed by atoms with Crippen molar-refractivity contribution in [3.63, 3.8) is 0 Å². The van der Waals surface area contributed by atoms with Crippen LogP contribution in [-0.4, -0.2) is 21.2 Å². The smallest absolute Gasteiger partial charge is 0.298 e. The summed E-state index contributed by atoms with van der Waals surface area (Å²) in [5.74, 6) is -0.249. The van der Waals surface area contributed by atoms with Gasteiger partial charge in [0.05, 0.1) is 17.9 Å². The van der Waals surface area contributed by atoms with Crippen LogP contribution in [0.1, 0.15) is 12.5 Å². The van der Waals surface area contributed by atoms with E-state index in [2.05, 4.69) is 0 Å². The Bertz CT molecular complexity index is 1090. The number of thioether (sulfide) groups is 1. The van der Waals surface area contributed by atoms with Crippen LogP contribution < -0.4 is 11.2 Å². The Labute approximate surface area is 161 Å². The zero-order valence-corrected chi connectivity index (χ0v) is 16.2. The Hall–Kier alpha value is -2.86. The summed E-state index contributed by atoms with van der Waals surface area (Å²) in [6.07, 6.45) is 1.98. The molecule has 0 amide bonds. The number of hydrogen-bond acceptors (Lipinski definition) is 4. The fourth-order valence-electron chi connectivity index (χ4n) is 2.86. The monoisotopic (exact) mass is 380 g/mol. The summed E-state index contributed by atoms with van der Waals surface area (Å²) in [6.45, 7) is 3.09. The molecule has 27 heavy (non-hydrogen) atoms. The number of aromatic nitrogens is 2. The summed E-state index contributed by atoms with van der Waals surface area (Å²) in [5.41, 5.74) is 1.99. The highest BCUT2D eigenvalue weighted by Crippen LogP contribution is 2.22. The van der Waals surface area contributed by atoms with E-state index in [0.717, 1.165) is 20.6 Å². The fraction of sp³-hybridized carbons (Fsp3) is 0.190. The first kappa shape index (κ1) is 18.9. The predicted octanol–water partition coefficient (Wildman–Crippen LogP) is 3.29. The highest BCUT2D eigenvalue weighted by Gasteiger charge is 2.15. The summed E-state index contributed by atoms with van der Waals surface area (Å²) in [7, 11) is 0. The minimum absolute atomic E-state index is 0.241. The molecule has 0 bridgehead atoms. The Morgan fingerprint density at radius 1 is 1.00 bits per heavy atom. The van der Waals surface area contributed by atoms with Gasteiger partial charge in [-0.3, -0.25) is 18.7 Å². The summed E-state index contributed by atoms with van der Waals surface area (Å²) in [5, 5.41) is 0. The van der Waals surface area contributed by atoms with Crippen LogP contribution in [0.15, 0.2) is 69.1 Å². The first-order valence-corrected chi connectivity index (χ1v) is 9.71. The molecule has 138 valence electrons. The Balaban J connectivity index is 2.31. The number of aryl methyl sites for hydroxylation is 1. The Kier molecular flexibility index (Phi) is 5.46. The summed E-state index contributed by atoms with van der Waals surface area (Å²) in [6, 6.07) is 16.6. The predicted molar refractivity (Wildman–Crippen MR) is 109 cm³/mol. The van der Waals surface area contributed by atoms with Gasteiger partial charge in [-0.1, -0.05) is 29.8 Å². The summed E-state index contributed by atoms with van der Waals surface area (Å²) < 4.78 is 2.46. The molecule has 6 heteroatoms. The van der Waals surface area contributed by atoms with E-state index in [9.17, 15) is 14.4 Å². The van der Waals surface area contributed by atoms with E-state index < -0.39 is 11.2 Å². The van der Waals surface area contributed by atoms with Gasteiger partial charge in [0, 0.05) is 11.0 Å². The number of ketones is 1. The number of rotatable bonds is 5. The van der Waals surface area contributed by atoms with Crippen molar-refractivity contribution in [3.8, 4) is 16.9 Å². The van der Waals surface area contributed by atoms with Gasteiger partial charge in [-0.15, -0.1) is 11.8 Å². The molecule has 5 nitrogen and oxygen atoms in total. The van der Waals surface area contributed by atoms with Crippen molar-refractivity contribution in [3.05, 3.63) is 81.0 Å². The molecule has 0 aliphatic rings. The zero-order chi connectivity index (χ0) is 19.6. The molecule has 0 saturated carbocycles. The van der Waals surface area contributed by atoms with Crippen LogP contribution in [0.5, 0.6) is 0 Å². The second-order valence-electron chi connectivity index (χ2n) is 6.34. The number of benzene rings is 2. The highest BCUT2D eigenvalue weighted by molar-refractivity contribution is 7.98. The molecule has 0 unspecified atom stereocenters. The van der Waals surface area contributed by atoms with Crippen molar-refractivity contribution in [1.29, 1.82) is 0 Å². The number of carbonyl (C=O) groups excluding carboxylic acids is 1. The van der Waals surface area contributed by atoms with Crippen molar-refractivity contribution in [1.82, 2.24) is 9.13 Å². The van der Waals surface area contributed by atoms with Gasteiger partial charge < -0.3 is 0 Å². The van der Waals surface area contributed by atoms with Crippen molar-refractivity contribution in [2.75, 3.05) is 6.26 Å². The number of Topliss-reactive ketones (excluding diaryl/α,β-unsaturated/α-hetero) is 1. The minimum atomic E-state index is -0.523. The van der Waals surface area contributed by atoms with E-state index >= 15 is 0 Å². The quantitative estimate of drug-likeness (QED) is 0.638. The lowest BCUT2D eigenvalue weighted by Gasteiger charge is -2.16. The molecular formula is C21H20N2O3S. The van der Waals surface area contributed by atoms with Crippen molar-refractivity contribution in [2.45, 2.75) is 25.3 Å². The molecule has 2 aromatic carbocycles. The van der Waals surface area contributed by atoms with E-state index in [1.54, 1.807) is 11.8 Å². The van der Waals surface area contributed by atoms with Crippen LogP contribution in [0.3, 0.4) is 0 Å². The lowest BCUT2D eigenvalue weighted by atomic mass is 10.1. The van der Waals surface area contributed by atoms with E-state index in [1.807, 2.05) is 61.7 Å². The van der Waals surface area contributed by atoms with Gasteiger partial charge in [0.2, 0.25) is 0 Å². The molecule has 0 aliphatic carbocycles.